The molecule has 0 bridgehead atoms. The second kappa shape index (κ2) is 3.30. The van der Waals surface area contributed by atoms with Crippen LogP contribution in [0.5, 0.6) is 0 Å². The van der Waals surface area contributed by atoms with Crippen molar-refractivity contribution in [1.82, 2.24) is 0 Å². The van der Waals surface area contributed by atoms with Crippen molar-refractivity contribution in [2.24, 2.45) is 4.99 Å². The van der Waals surface area contributed by atoms with Crippen LogP contribution in [0.2, 0.25) is 0 Å². The van der Waals surface area contributed by atoms with Gasteiger partial charge in [-0.2, -0.15) is 0 Å². The van der Waals surface area contributed by atoms with Gasteiger partial charge in [-0.3, -0.25) is 9.79 Å². The van der Waals surface area contributed by atoms with Crippen LogP contribution < -0.4 is 0 Å². The van der Waals surface area contributed by atoms with Gasteiger partial charge in [0.15, 0.2) is 5.78 Å². The first-order valence-electron chi connectivity index (χ1n) is 5.38. The summed E-state index contributed by atoms with van der Waals surface area (Å²) in [6, 6.07) is 7.44. The lowest BCUT2D eigenvalue weighted by Crippen LogP contribution is -2.00. The summed E-state index contributed by atoms with van der Waals surface area (Å²) in [4.78, 5) is 16.2. The Kier molecular flexibility index (Phi) is 1.93. The summed E-state index contributed by atoms with van der Waals surface area (Å²) in [5, 5.41) is 9.91. The van der Waals surface area contributed by atoms with Crippen molar-refractivity contribution in [2.75, 3.05) is 0 Å². The van der Waals surface area contributed by atoms with Crippen molar-refractivity contribution < 1.29 is 9.90 Å². The van der Waals surface area contributed by atoms with Crippen molar-refractivity contribution in [2.45, 2.75) is 18.9 Å². The third-order valence-corrected chi connectivity index (χ3v) is 2.89. The van der Waals surface area contributed by atoms with E-state index in [0.717, 1.165) is 12.8 Å². The highest BCUT2D eigenvalue weighted by Gasteiger charge is 2.28. The van der Waals surface area contributed by atoms with Crippen LogP contribution in [0.25, 0.3) is 5.76 Å². The highest BCUT2D eigenvalue weighted by atomic mass is 16.3. The number of allylic oxidation sites excluding steroid dienone is 1. The molecule has 0 unspecified atom stereocenters. The first-order chi connectivity index (χ1) is 7.77. The molecule has 0 radical (unpaired) electrons. The zero-order valence-corrected chi connectivity index (χ0v) is 8.68. The van der Waals surface area contributed by atoms with Crippen LogP contribution >= 0.6 is 0 Å². The normalized spacial score (nSPS) is 19.6. The molecule has 80 valence electrons. The van der Waals surface area contributed by atoms with Gasteiger partial charge >= 0.3 is 0 Å². The molecule has 0 aromatic heterocycles. The predicted octanol–water partition coefficient (Wildman–Crippen LogP) is 2.39. The third-order valence-electron chi connectivity index (χ3n) is 2.89. The lowest BCUT2D eigenvalue weighted by molar-refractivity contribution is 0.104. The maximum atomic E-state index is 11.9. The van der Waals surface area contributed by atoms with Crippen LogP contribution in [0, 0.1) is 0 Å². The number of nitrogens with zero attached hydrogens (tertiary/aromatic N) is 1. The maximum absolute atomic E-state index is 11.9. The van der Waals surface area contributed by atoms with Gasteiger partial charge in [-0.05, 0) is 12.8 Å². The van der Waals surface area contributed by atoms with E-state index < -0.39 is 0 Å². The van der Waals surface area contributed by atoms with Crippen molar-refractivity contribution in [3.8, 4) is 0 Å². The summed E-state index contributed by atoms with van der Waals surface area (Å²) in [5.41, 5.74) is 1.51. The quantitative estimate of drug-likeness (QED) is 0.767. The first-order valence-corrected chi connectivity index (χ1v) is 5.38. The Morgan fingerprint density at radius 2 is 1.94 bits per heavy atom. The number of hydrogen-bond donors (Lipinski definition) is 1. The Morgan fingerprint density at radius 1 is 1.25 bits per heavy atom. The number of Topliss-reactive ketones (excluding diaryl/α,β-unsaturated/α-hetero) is 1. The molecule has 0 amide bonds. The number of hydrogen-bond acceptors (Lipinski definition) is 3. The molecule has 1 saturated carbocycles. The summed E-state index contributed by atoms with van der Waals surface area (Å²) >= 11 is 0. The van der Waals surface area contributed by atoms with Gasteiger partial charge in [-0.15, -0.1) is 0 Å². The monoisotopic (exact) mass is 213 g/mol. The number of benzene rings is 1. The average Bonchev–Trinajstić information content (AvgIpc) is 3.09. The third kappa shape index (κ3) is 1.36. The number of fused-ring (bicyclic) bond motifs is 1. The Hall–Kier alpha value is -1.90. The van der Waals surface area contributed by atoms with Crippen molar-refractivity contribution in [1.29, 1.82) is 0 Å². The van der Waals surface area contributed by atoms with E-state index in [1.54, 1.807) is 18.2 Å². The van der Waals surface area contributed by atoms with Gasteiger partial charge in [0.2, 0.25) is 0 Å². The van der Waals surface area contributed by atoms with Gasteiger partial charge in [0, 0.05) is 17.3 Å². The maximum Gasteiger partial charge on any atom is 0.199 e. The molecule has 0 spiro atoms. The minimum atomic E-state index is -0.127. The van der Waals surface area contributed by atoms with E-state index in [1.807, 2.05) is 6.07 Å². The molecule has 16 heavy (non-hydrogen) atoms. The Morgan fingerprint density at radius 3 is 2.56 bits per heavy atom. The number of carbonyl (C=O) groups excluding carboxylic acids is 1. The van der Waals surface area contributed by atoms with Crippen LogP contribution in [-0.2, 0) is 0 Å². The summed E-state index contributed by atoms with van der Waals surface area (Å²) in [5.74, 6) is -0.0671. The lowest BCUT2D eigenvalue weighted by atomic mass is 10.1. The average molecular weight is 213 g/mol. The second-order valence-electron chi connectivity index (χ2n) is 4.15. The number of carbonyl (C=O) groups is 1. The fourth-order valence-corrected chi connectivity index (χ4v) is 1.81. The lowest BCUT2D eigenvalue weighted by Gasteiger charge is -1.95. The Labute approximate surface area is 93.1 Å². The van der Waals surface area contributed by atoms with Crippen LogP contribution in [0.1, 0.15) is 28.8 Å². The zero-order valence-electron chi connectivity index (χ0n) is 8.68. The molecule has 0 aliphatic heterocycles. The number of aliphatic imine (C=N–C) groups is 1. The predicted molar refractivity (Wildman–Crippen MR) is 61.8 cm³/mol. The van der Waals surface area contributed by atoms with Gasteiger partial charge < -0.3 is 5.11 Å². The van der Waals surface area contributed by atoms with Crippen molar-refractivity contribution >= 4 is 17.8 Å². The number of aliphatic hydroxyl groups excluding tert-OH is 1. The minimum absolute atomic E-state index is 0.0602. The smallest absolute Gasteiger partial charge is 0.199 e. The van der Waals surface area contributed by atoms with Gasteiger partial charge in [-0.25, -0.2) is 0 Å². The van der Waals surface area contributed by atoms with Gasteiger partial charge in [0.25, 0.3) is 0 Å². The zero-order chi connectivity index (χ0) is 11.1. The molecule has 2 aliphatic carbocycles. The molecule has 3 rings (SSSR count). The molecule has 0 heterocycles. The summed E-state index contributed by atoms with van der Waals surface area (Å²) in [6.45, 7) is 0. The van der Waals surface area contributed by atoms with Gasteiger partial charge in [0.1, 0.15) is 5.76 Å². The van der Waals surface area contributed by atoms with Crippen LogP contribution in [0.15, 0.2) is 34.8 Å². The van der Waals surface area contributed by atoms with Crippen molar-refractivity contribution in [3.63, 3.8) is 0 Å². The molecule has 0 saturated heterocycles. The summed E-state index contributed by atoms with van der Waals surface area (Å²) in [6.07, 6.45) is 3.70. The molecule has 3 heteroatoms. The Bertz CT molecular complexity index is 524. The largest absolute Gasteiger partial charge is 0.506 e. The van der Waals surface area contributed by atoms with E-state index in [-0.39, 0.29) is 11.5 Å². The molecule has 1 aromatic carbocycles. The van der Waals surface area contributed by atoms with Crippen LogP contribution in [-0.4, -0.2) is 23.1 Å². The molecule has 1 aromatic rings. The molecular formula is C13H11NO2. The molecular weight excluding hydrogens is 202 g/mol. The SMILES string of the molecule is O=C1C(C=NC2CC2)=C(O)c2ccccc21. The van der Waals surface area contributed by atoms with E-state index >= 15 is 0 Å². The van der Waals surface area contributed by atoms with Crippen LogP contribution in [0.4, 0.5) is 0 Å². The van der Waals surface area contributed by atoms with E-state index in [1.165, 1.54) is 6.21 Å². The van der Waals surface area contributed by atoms with E-state index in [2.05, 4.69) is 4.99 Å². The molecule has 1 N–H and O–H groups in total. The topological polar surface area (TPSA) is 49.7 Å². The fraction of sp³-hybridized carbons (Fsp3) is 0.231. The summed E-state index contributed by atoms with van der Waals surface area (Å²) < 4.78 is 0. The van der Waals surface area contributed by atoms with Crippen molar-refractivity contribution in [3.05, 3.63) is 41.0 Å². The molecule has 3 nitrogen and oxygen atoms in total. The standard InChI is InChI=1S/C13H11NO2/c15-12-9-3-1-2-4-10(9)13(16)11(12)7-14-8-5-6-8/h1-4,7-8,15H,5-6H2. The van der Waals surface area contributed by atoms with E-state index in [0.29, 0.717) is 22.7 Å². The van der Waals surface area contributed by atoms with Gasteiger partial charge in [0.05, 0.1) is 11.6 Å². The molecule has 0 atom stereocenters. The van der Waals surface area contributed by atoms with Crippen LogP contribution in [0.3, 0.4) is 0 Å². The number of aliphatic hydroxyl groups is 1. The van der Waals surface area contributed by atoms with E-state index in [9.17, 15) is 9.90 Å². The highest BCUT2D eigenvalue weighted by molar-refractivity contribution is 6.30. The van der Waals surface area contributed by atoms with E-state index in [4.69, 9.17) is 0 Å². The summed E-state index contributed by atoms with van der Waals surface area (Å²) in [7, 11) is 0. The Balaban J connectivity index is 2.01. The number of rotatable bonds is 2. The number of ketones is 1. The molecule has 1 fully saturated rings. The molecule has 2 aliphatic rings. The van der Waals surface area contributed by atoms with Gasteiger partial charge in [-0.1, -0.05) is 24.3 Å². The second-order valence-corrected chi connectivity index (χ2v) is 4.15. The first kappa shape index (κ1) is 9.33. The minimum Gasteiger partial charge on any atom is -0.506 e. The highest BCUT2D eigenvalue weighted by Crippen LogP contribution is 2.30. The fourth-order valence-electron chi connectivity index (χ4n) is 1.81.